The summed E-state index contributed by atoms with van der Waals surface area (Å²) in [4.78, 5) is 29.0. The quantitative estimate of drug-likeness (QED) is 0.859. The van der Waals surface area contributed by atoms with Crippen LogP contribution < -0.4 is 5.32 Å². The van der Waals surface area contributed by atoms with Crippen LogP contribution in [0, 0.1) is 6.92 Å². The molecule has 0 spiro atoms. The summed E-state index contributed by atoms with van der Waals surface area (Å²) in [5.41, 5.74) is -0.482. The van der Waals surface area contributed by atoms with Crippen molar-refractivity contribution in [1.29, 1.82) is 0 Å². The summed E-state index contributed by atoms with van der Waals surface area (Å²) in [5, 5.41) is 12.7. The van der Waals surface area contributed by atoms with Crippen molar-refractivity contribution in [1.82, 2.24) is 10.3 Å². The van der Waals surface area contributed by atoms with Gasteiger partial charge in [-0.1, -0.05) is 0 Å². The fourth-order valence-electron chi connectivity index (χ4n) is 2.81. The van der Waals surface area contributed by atoms with Gasteiger partial charge in [-0.15, -0.1) is 11.3 Å². The van der Waals surface area contributed by atoms with Crippen molar-refractivity contribution in [3.8, 4) is 10.8 Å². The Kier molecular flexibility index (Phi) is 4.68. The molecule has 0 aliphatic carbocycles. The minimum Gasteiger partial charge on any atom is -0.481 e. The Morgan fingerprint density at radius 3 is 2.79 bits per heavy atom. The second-order valence-corrected chi connectivity index (χ2v) is 7.02. The number of carboxylic acid groups (broad SMARTS) is 1. The summed E-state index contributed by atoms with van der Waals surface area (Å²) >= 11 is 1.37. The number of aryl methyl sites for hydroxylation is 1. The molecule has 0 unspecified atom stereocenters. The predicted octanol–water partition coefficient (Wildman–Crippen LogP) is 2.47. The highest BCUT2D eigenvalue weighted by atomic mass is 32.1. The molecule has 128 valence electrons. The molecule has 3 rings (SSSR count). The zero-order valence-corrected chi connectivity index (χ0v) is 14.0. The van der Waals surface area contributed by atoms with Gasteiger partial charge in [0.15, 0.2) is 10.8 Å². The summed E-state index contributed by atoms with van der Waals surface area (Å²) in [6.45, 7) is 2.68. The lowest BCUT2D eigenvalue weighted by molar-refractivity contribution is -0.139. The fourth-order valence-corrected chi connectivity index (χ4v) is 3.69. The Balaban J connectivity index is 1.81. The van der Waals surface area contributed by atoms with Gasteiger partial charge < -0.3 is 19.6 Å². The largest absolute Gasteiger partial charge is 0.481 e. The van der Waals surface area contributed by atoms with E-state index < -0.39 is 11.5 Å². The number of ether oxygens (including phenoxy) is 1. The third-order valence-corrected chi connectivity index (χ3v) is 5.05. The highest BCUT2D eigenvalue weighted by Gasteiger charge is 2.37. The number of nitrogens with zero attached hydrogens (tertiary/aromatic N) is 1. The van der Waals surface area contributed by atoms with E-state index >= 15 is 0 Å². The van der Waals surface area contributed by atoms with Crippen molar-refractivity contribution in [2.24, 2.45) is 0 Å². The molecular formula is C16H18N2O5S. The molecule has 24 heavy (non-hydrogen) atoms. The Bertz CT molecular complexity index is 732. The van der Waals surface area contributed by atoms with E-state index in [1.54, 1.807) is 18.4 Å². The zero-order valence-electron chi connectivity index (χ0n) is 13.2. The van der Waals surface area contributed by atoms with Crippen LogP contribution in [0.2, 0.25) is 0 Å². The van der Waals surface area contributed by atoms with E-state index in [1.807, 2.05) is 6.92 Å². The Hall–Kier alpha value is -2.19. The molecule has 1 amide bonds. The van der Waals surface area contributed by atoms with Crippen LogP contribution in [-0.2, 0) is 9.53 Å². The van der Waals surface area contributed by atoms with Crippen molar-refractivity contribution in [3.05, 3.63) is 29.0 Å². The summed E-state index contributed by atoms with van der Waals surface area (Å²) in [6, 6.07) is 3.54. The molecule has 1 fully saturated rings. The molecule has 0 radical (unpaired) electrons. The minimum atomic E-state index is -0.941. The van der Waals surface area contributed by atoms with Gasteiger partial charge in [0.2, 0.25) is 0 Å². The number of nitrogens with one attached hydrogen (secondary N) is 1. The number of carbonyl (C=O) groups excluding carboxylic acids is 1. The van der Waals surface area contributed by atoms with Crippen LogP contribution in [0.15, 0.2) is 22.8 Å². The van der Waals surface area contributed by atoms with Crippen LogP contribution in [0.1, 0.15) is 34.6 Å². The van der Waals surface area contributed by atoms with Crippen LogP contribution in [0.3, 0.4) is 0 Å². The standard InChI is InChI=1S/C16H18N2O5S/c1-10-13(17-15(24-10)11-3-2-6-23-11)14(21)18-16(9-12(19)20)4-7-22-8-5-16/h2-3,6H,4-5,7-9H2,1H3,(H,18,21)(H,19,20). The molecule has 2 aromatic heterocycles. The number of aliphatic carboxylic acids is 1. The Morgan fingerprint density at radius 2 is 2.17 bits per heavy atom. The van der Waals surface area contributed by atoms with Gasteiger partial charge in [0, 0.05) is 18.1 Å². The van der Waals surface area contributed by atoms with Crippen molar-refractivity contribution >= 4 is 23.2 Å². The highest BCUT2D eigenvalue weighted by Crippen LogP contribution is 2.29. The average molecular weight is 350 g/mol. The average Bonchev–Trinajstić information content (AvgIpc) is 3.16. The predicted molar refractivity (Wildman–Crippen MR) is 87.1 cm³/mol. The van der Waals surface area contributed by atoms with Gasteiger partial charge in [-0.05, 0) is 31.9 Å². The second kappa shape index (κ2) is 6.74. The van der Waals surface area contributed by atoms with E-state index in [9.17, 15) is 14.7 Å². The van der Waals surface area contributed by atoms with E-state index in [0.717, 1.165) is 4.88 Å². The molecule has 0 atom stereocenters. The smallest absolute Gasteiger partial charge is 0.305 e. The number of amides is 1. The molecular weight excluding hydrogens is 332 g/mol. The van der Waals surface area contributed by atoms with Gasteiger partial charge in [0.05, 0.1) is 18.2 Å². The lowest BCUT2D eigenvalue weighted by Crippen LogP contribution is -2.53. The number of hydrogen-bond donors (Lipinski definition) is 2. The van der Waals surface area contributed by atoms with E-state index in [4.69, 9.17) is 9.15 Å². The first kappa shape index (κ1) is 16.7. The fraction of sp³-hybridized carbons (Fsp3) is 0.438. The lowest BCUT2D eigenvalue weighted by atomic mass is 9.86. The van der Waals surface area contributed by atoms with Gasteiger partial charge in [-0.25, -0.2) is 4.98 Å². The number of thiazole rings is 1. The third-order valence-electron chi connectivity index (χ3n) is 4.06. The Labute approximate surface area is 142 Å². The highest BCUT2D eigenvalue weighted by molar-refractivity contribution is 7.15. The van der Waals surface area contributed by atoms with E-state index in [-0.39, 0.29) is 12.3 Å². The maximum atomic E-state index is 12.7. The van der Waals surface area contributed by atoms with Gasteiger partial charge >= 0.3 is 5.97 Å². The molecule has 8 heteroatoms. The molecule has 1 aliphatic rings. The molecule has 0 bridgehead atoms. The third kappa shape index (κ3) is 3.49. The van der Waals surface area contributed by atoms with Crippen molar-refractivity contribution in [2.45, 2.75) is 31.7 Å². The van der Waals surface area contributed by atoms with E-state index in [1.165, 1.54) is 11.3 Å². The van der Waals surface area contributed by atoms with Crippen LogP contribution >= 0.6 is 11.3 Å². The first-order valence-corrected chi connectivity index (χ1v) is 8.44. The summed E-state index contributed by atoms with van der Waals surface area (Å²) in [6.07, 6.45) is 2.37. The zero-order chi connectivity index (χ0) is 17.2. The molecule has 0 saturated carbocycles. The SMILES string of the molecule is Cc1sc(-c2ccco2)nc1C(=O)NC1(CC(=O)O)CCOCC1. The van der Waals surface area contributed by atoms with Gasteiger partial charge in [0.25, 0.3) is 5.91 Å². The normalized spacial score (nSPS) is 16.7. The molecule has 2 aromatic rings. The van der Waals surface area contributed by atoms with Gasteiger partial charge in [-0.3, -0.25) is 9.59 Å². The lowest BCUT2D eigenvalue weighted by Gasteiger charge is -2.36. The maximum Gasteiger partial charge on any atom is 0.305 e. The van der Waals surface area contributed by atoms with Crippen molar-refractivity contribution < 1.29 is 23.8 Å². The second-order valence-electron chi connectivity index (χ2n) is 5.82. The van der Waals surface area contributed by atoms with E-state index in [0.29, 0.717) is 42.5 Å². The van der Waals surface area contributed by atoms with Crippen LogP contribution in [0.25, 0.3) is 10.8 Å². The van der Waals surface area contributed by atoms with Gasteiger partial charge in [-0.2, -0.15) is 0 Å². The van der Waals surface area contributed by atoms with Crippen molar-refractivity contribution in [3.63, 3.8) is 0 Å². The number of rotatable bonds is 5. The first-order valence-electron chi connectivity index (χ1n) is 7.62. The molecule has 3 heterocycles. The molecule has 7 nitrogen and oxygen atoms in total. The van der Waals surface area contributed by atoms with Crippen LogP contribution in [0.4, 0.5) is 0 Å². The van der Waals surface area contributed by atoms with Gasteiger partial charge in [0.1, 0.15) is 5.69 Å². The number of furan rings is 1. The minimum absolute atomic E-state index is 0.129. The first-order chi connectivity index (χ1) is 11.5. The van der Waals surface area contributed by atoms with Crippen LogP contribution in [-0.4, -0.2) is 40.7 Å². The maximum absolute atomic E-state index is 12.7. The van der Waals surface area contributed by atoms with E-state index in [2.05, 4.69) is 10.3 Å². The van der Waals surface area contributed by atoms with Crippen LogP contribution in [0.5, 0.6) is 0 Å². The number of aromatic nitrogens is 1. The van der Waals surface area contributed by atoms with Crippen molar-refractivity contribution in [2.75, 3.05) is 13.2 Å². The molecule has 2 N–H and O–H groups in total. The topological polar surface area (TPSA) is 102 Å². The summed E-state index contributed by atoms with van der Waals surface area (Å²) in [5.74, 6) is -0.693. The number of carboxylic acids is 1. The monoisotopic (exact) mass is 350 g/mol. The Morgan fingerprint density at radius 1 is 1.42 bits per heavy atom. The number of hydrogen-bond acceptors (Lipinski definition) is 6. The molecule has 0 aromatic carbocycles. The number of carbonyl (C=O) groups is 2. The summed E-state index contributed by atoms with van der Waals surface area (Å²) in [7, 11) is 0. The summed E-state index contributed by atoms with van der Waals surface area (Å²) < 4.78 is 10.6. The molecule has 1 aliphatic heterocycles. The molecule has 1 saturated heterocycles.